The van der Waals surface area contributed by atoms with Crippen LogP contribution in [0.2, 0.25) is 5.02 Å². The molecule has 4 amide bonds. The van der Waals surface area contributed by atoms with Crippen LogP contribution in [0.15, 0.2) is 36.4 Å². The van der Waals surface area contributed by atoms with Crippen LogP contribution in [-0.2, 0) is 15.7 Å². The molecule has 0 bridgehead atoms. The lowest BCUT2D eigenvalue weighted by Crippen LogP contribution is -2.44. The van der Waals surface area contributed by atoms with E-state index in [1.165, 1.54) is 38.1 Å². The quantitative estimate of drug-likeness (QED) is 0.514. The third-order valence-electron chi connectivity index (χ3n) is 5.57. The van der Waals surface area contributed by atoms with Crippen LogP contribution in [0.1, 0.15) is 25.0 Å². The number of urea groups is 1. The van der Waals surface area contributed by atoms with Gasteiger partial charge in [0.2, 0.25) is 0 Å². The number of ether oxygens (including phenoxy) is 1. The number of carbonyl (C=O) groups excluding carboxylic acids is 3. The van der Waals surface area contributed by atoms with Gasteiger partial charge in [-0.25, -0.2) is 14.5 Å². The Hall–Kier alpha value is -3.82. The Bertz CT molecular complexity index is 1290. The number of anilines is 3. The fourth-order valence-electron chi connectivity index (χ4n) is 3.67. The van der Waals surface area contributed by atoms with Crippen LogP contribution in [0.5, 0.6) is 0 Å². The predicted octanol–water partition coefficient (Wildman–Crippen LogP) is 5.09. The van der Waals surface area contributed by atoms with E-state index >= 15 is 0 Å². The Morgan fingerprint density at radius 2 is 1.81 bits per heavy atom. The van der Waals surface area contributed by atoms with Gasteiger partial charge in [0.25, 0.3) is 5.91 Å². The van der Waals surface area contributed by atoms with E-state index in [2.05, 4.69) is 5.32 Å². The number of carbonyl (C=O) groups is 3. The van der Waals surface area contributed by atoms with Crippen LogP contribution < -0.4 is 15.1 Å². The summed E-state index contributed by atoms with van der Waals surface area (Å²) < 4.78 is 45.5. The van der Waals surface area contributed by atoms with Crippen LogP contribution in [0.25, 0.3) is 0 Å². The highest BCUT2D eigenvalue weighted by Gasteiger charge is 2.53. The molecule has 0 spiro atoms. The van der Waals surface area contributed by atoms with Crippen molar-refractivity contribution in [2.75, 3.05) is 42.4 Å². The van der Waals surface area contributed by atoms with Crippen molar-refractivity contribution < 1.29 is 32.3 Å². The zero-order valence-electron chi connectivity index (χ0n) is 20.3. The summed E-state index contributed by atoms with van der Waals surface area (Å²) in [4.78, 5) is 42.3. The monoisotopic (exact) mass is 537 g/mol. The third-order valence-corrected chi connectivity index (χ3v) is 5.90. The molecule has 196 valence electrons. The molecular formula is C24H23ClF3N5O4. The zero-order valence-corrected chi connectivity index (χ0v) is 21.1. The van der Waals surface area contributed by atoms with E-state index in [9.17, 15) is 27.6 Å². The molecule has 13 heteroatoms. The zero-order chi connectivity index (χ0) is 27.7. The number of halogens is 4. The maximum absolute atomic E-state index is 13.5. The number of imide groups is 1. The Balaban J connectivity index is 1.96. The molecule has 2 aromatic carbocycles. The van der Waals surface area contributed by atoms with Crippen LogP contribution >= 0.6 is 11.6 Å². The molecule has 1 aliphatic rings. The van der Waals surface area contributed by atoms with Crippen molar-refractivity contribution in [2.45, 2.75) is 25.6 Å². The molecule has 0 unspecified atom stereocenters. The van der Waals surface area contributed by atoms with E-state index in [0.29, 0.717) is 17.5 Å². The van der Waals surface area contributed by atoms with E-state index < -0.39 is 40.9 Å². The smallest absolute Gasteiger partial charge is 0.417 e. The van der Waals surface area contributed by atoms with Gasteiger partial charge in [-0.2, -0.15) is 18.4 Å². The number of nitriles is 1. The standard InChI is InChI=1S/C24H23ClF3N5O4/c1-23(2)20(34)32(15-6-5-14(13-29)17(11-15)24(26,27)28)22(36)33(23)16-7-8-18(25)19(12-16)30-21(35)37-10-9-31(3)4/h5-8,11-12H,9-10H2,1-4H3,(H,30,35). The Morgan fingerprint density at radius 1 is 1.16 bits per heavy atom. The SMILES string of the molecule is CN(C)CCOC(=O)Nc1cc(N2C(=O)N(c3ccc(C#N)c(C(F)(F)F)c3)C(=O)C2(C)C)ccc1Cl. The molecule has 37 heavy (non-hydrogen) atoms. The number of rotatable bonds is 6. The van der Waals surface area contributed by atoms with E-state index in [-0.39, 0.29) is 28.7 Å². The maximum atomic E-state index is 13.5. The fraction of sp³-hybridized carbons (Fsp3) is 0.333. The molecule has 0 radical (unpaired) electrons. The first-order valence-corrected chi connectivity index (χ1v) is 11.2. The van der Waals surface area contributed by atoms with Gasteiger partial charge in [0, 0.05) is 12.2 Å². The van der Waals surface area contributed by atoms with Crippen molar-refractivity contribution in [3.8, 4) is 6.07 Å². The minimum atomic E-state index is -4.87. The molecule has 1 aliphatic heterocycles. The van der Waals surface area contributed by atoms with Crippen molar-refractivity contribution >= 4 is 46.7 Å². The van der Waals surface area contributed by atoms with Crippen molar-refractivity contribution in [1.82, 2.24) is 4.90 Å². The molecular weight excluding hydrogens is 515 g/mol. The Labute approximate surface area is 215 Å². The number of nitrogens with one attached hydrogen (secondary N) is 1. The number of hydrogen-bond donors (Lipinski definition) is 1. The molecule has 0 aromatic heterocycles. The summed E-state index contributed by atoms with van der Waals surface area (Å²) in [5, 5.41) is 11.6. The molecule has 0 aliphatic carbocycles. The lowest BCUT2D eigenvalue weighted by molar-refractivity contribution is -0.137. The van der Waals surface area contributed by atoms with Gasteiger partial charge in [-0.1, -0.05) is 11.6 Å². The highest BCUT2D eigenvalue weighted by molar-refractivity contribution is 6.34. The number of benzene rings is 2. The maximum Gasteiger partial charge on any atom is 0.417 e. The summed E-state index contributed by atoms with van der Waals surface area (Å²) in [7, 11) is 3.62. The highest BCUT2D eigenvalue weighted by atomic mass is 35.5. The Kier molecular flexibility index (Phi) is 7.71. The van der Waals surface area contributed by atoms with Crippen LogP contribution in [0, 0.1) is 11.3 Å². The predicted molar refractivity (Wildman–Crippen MR) is 131 cm³/mol. The average Bonchev–Trinajstić information content (AvgIpc) is 2.97. The van der Waals surface area contributed by atoms with Gasteiger partial charge >= 0.3 is 18.3 Å². The average molecular weight is 538 g/mol. The van der Waals surface area contributed by atoms with Gasteiger partial charge in [0.1, 0.15) is 12.1 Å². The minimum Gasteiger partial charge on any atom is -0.448 e. The van der Waals surface area contributed by atoms with Crippen LogP contribution in [0.4, 0.5) is 39.8 Å². The minimum absolute atomic E-state index is 0.0984. The van der Waals surface area contributed by atoms with Crippen molar-refractivity contribution in [2.24, 2.45) is 0 Å². The summed E-state index contributed by atoms with van der Waals surface area (Å²) >= 11 is 6.19. The third kappa shape index (κ3) is 5.63. The lowest BCUT2D eigenvalue weighted by Gasteiger charge is -2.28. The first kappa shape index (κ1) is 27.8. The summed E-state index contributed by atoms with van der Waals surface area (Å²) in [6, 6.07) is 7.31. The van der Waals surface area contributed by atoms with Crippen molar-refractivity contribution in [3.05, 3.63) is 52.5 Å². The largest absolute Gasteiger partial charge is 0.448 e. The van der Waals surface area contributed by atoms with Gasteiger partial charge in [0.05, 0.1) is 33.6 Å². The molecule has 1 fully saturated rings. The molecule has 9 nitrogen and oxygen atoms in total. The van der Waals surface area contributed by atoms with Crippen molar-refractivity contribution in [3.63, 3.8) is 0 Å². The van der Waals surface area contributed by atoms with Gasteiger partial charge in [-0.05, 0) is 64.3 Å². The van der Waals surface area contributed by atoms with Gasteiger partial charge in [-0.15, -0.1) is 0 Å². The number of likely N-dealkylation sites (N-methyl/N-ethyl adjacent to an activating group) is 1. The highest BCUT2D eigenvalue weighted by Crippen LogP contribution is 2.40. The van der Waals surface area contributed by atoms with Gasteiger partial charge in [0.15, 0.2) is 0 Å². The second-order valence-electron chi connectivity index (χ2n) is 8.89. The molecule has 3 rings (SSSR count). The van der Waals surface area contributed by atoms with E-state index in [1.807, 2.05) is 19.0 Å². The summed E-state index contributed by atoms with van der Waals surface area (Å²) in [6.07, 6.45) is -5.66. The lowest BCUT2D eigenvalue weighted by atomic mass is 10.0. The first-order valence-electron chi connectivity index (χ1n) is 10.9. The van der Waals surface area contributed by atoms with E-state index in [4.69, 9.17) is 21.6 Å². The van der Waals surface area contributed by atoms with Gasteiger partial charge < -0.3 is 9.64 Å². The second kappa shape index (κ2) is 10.3. The summed E-state index contributed by atoms with van der Waals surface area (Å²) in [5.41, 5.74) is -3.51. The molecule has 1 N–H and O–H groups in total. The first-order chi connectivity index (χ1) is 17.2. The second-order valence-corrected chi connectivity index (χ2v) is 9.29. The number of nitrogens with zero attached hydrogens (tertiary/aromatic N) is 4. The topological polar surface area (TPSA) is 106 Å². The summed E-state index contributed by atoms with van der Waals surface area (Å²) in [6.45, 7) is 3.46. The van der Waals surface area contributed by atoms with Crippen LogP contribution in [-0.4, -0.2) is 55.7 Å². The molecule has 2 aromatic rings. The van der Waals surface area contributed by atoms with Crippen molar-refractivity contribution in [1.29, 1.82) is 5.26 Å². The number of hydrogen-bond acceptors (Lipinski definition) is 6. The number of amides is 4. The molecule has 1 saturated heterocycles. The van der Waals surface area contributed by atoms with Gasteiger partial charge in [-0.3, -0.25) is 15.0 Å². The normalized spacial score (nSPS) is 15.2. The molecule has 1 heterocycles. The molecule has 0 atom stereocenters. The van der Waals surface area contributed by atoms with E-state index in [0.717, 1.165) is 17.0 Å². The van der Waals surface area contributed by atoms with Crippen LogP contribution in [0.3, 0.4) is 0 Å². The fourth-order valence-corrected chi connectivity index (χ4v) is 3.84. The summed E-state index contributed by atoms with van der Waals surface area (Å²) in [5.74, 6) is -0.789. The molecule has 0 saturated carbocycles. The Morgan fingerprint density at radius 3 is 2.41 bits per heavy atom. The van der Waals surface area contributed by atoms with E-state index in [1.54, 1.807) is 0 Å². The number of alkyl halides is 3.